The lowest BCUT2D eigenvalue weighted by atomic mass is 9.97. The number of benzene rings is 2. The van der Waals surface area contributed by atoms with Gasteiger partial charge in [0.15, 0.2) is 0 Å². The Hall–Kier alpha value is -2.42. The molecule has 0 aromatic heterocycles. The summed E-state index contributed by atoms with van der Waals surface area (Å²) in [5.74, 6) is 0.415. The Morgan fingerprint density at radius 3 is 2.31 bits per heavy atom. The van der Waals surface area contributed by atoms with E-state index in [0.717, 1.165) is 26.1 Å². The molecule has 2 aliphatic rings. The van der Waals surface area contributed by atoms with Crippen molar-refractivity contribution < 1.29 is 17.9 Å². The zero-order chi connectivity index (χ0) is 22.6. The van der Waals surface area contributed by atoms with Gasteiger partial charge in [0.25, 0.3) is 0 Å². The van der Waals surface area contributed by atoms with Crippen molar-refractivity contribution in [3.8, 4) is 5.75 Å². The van der Waals surface area contributed by atoms with Crippen LogP contribution in [-0.2, 0) is 21.4 Å². The van der Waals surface area contributed by atoms with Crippen LogP contribution in [0.25, 0.3) is 0 Å². The van der Waals surface area contributed by atoms with Crippen LogP contribution in [0.4, 0.5) is 0 Å². The first kappa shape index (κ1) is 22.8. The molecule has 0 saturated carbocycles. The molecular weight excluding hydrogens is 426 g/mol. The minimum absolute atomic E-state index is 0.0824. The van der Waals surface area contributed by atoms with Crippen LogP contribution >= 0.6 is 0 Å². The van der Waals surface area contributed by atoms with Crippen LogP contribution in [0.1, 0.15) is 18.4 Å². The van der Waals surface area contributed by atoms with Crippen molar-refractivity contribution in [2.45, 2.75) is 24.3 Å². The van der Waals surface area contributed by atoms with E-state index in [1.165, 1.54) is 9.87 Å². The maximum absolute atomic E-state index is 13.2. The molecule has 32 heavy (non-hydrogen) atoms. The topological polar surface area (TPSA) is 70.2 Å². The first-order chi connectivity index (χ1) is 15.5. The second kappa shape index (κ2) is 10.0. The second-order valence-electron chi connectivity index (χ2n) is 8.46. The lowest BCUT2D eigenvalue weighted by Crippen LogP contribution is -2.52. The first-order valence-corrected chi connectivity index (χ1v) is 12.6. The van der Waals surface area contributed by atoms with Gasteiger partial charge in [0.05, 0.1) is 17.9 Å². The molecule has 2 aromatic rings. The Morgan fingerprint density at radius 1 is 0.969 bits per heavy atom. The number of ether oxygens (including phenoxy) is 1. The average Bonchev–Trinajstić information content (AvgIpc) is 2.85. The number of methoxy groups -OCH3 is 1. The van der Waals surface area contributed by atoms with Crippen molar-refractivity contribution in [1.82, 2.24) is 14.1 Å². The van der Waals surface area contributed by atoms with Crippen molar-refractivity contribution >= 4 is 15.9 Å². The monoisotopic (exact) mass is 457 g/mol. The lowest BCUT2D eigenvalue weighted by molar-refractivity contribution is -0.138. The van der Waals surface area contributed by atoms with Gasteiger partial charge < -0.3 is 9.64 Å². The molecule has 4 rings (SSSR count). The predicted molar refractivity (Wildman–Crippen MR) is 123 cm³/mol. The zero-order valence-corrected chi connectivity index (χ0v) is 19.3. The average molecular weight is 458 g/mol. The molecular formula is C24H31N3O4S. The fourth-order valence-electron chi connectivity index (χ4n) is 4.49. The van der Waals surface area contributed by atoms with Gasteiger partial charge in [-0.2, -0.15) is 4.31 Å². The van der Waals surface area contributed by atoms with Gasteiger partial charge in [0.1, 0.15) is 5.75 Å². The van der Waals surface area contributed by atoms with Crippen LogP contribution in [0.5, 0.6) is 5.75 Å². The standard InChI is InChI=1S/C24H31N3O4S/c1-31-22-9-11-23(12-10-22)32(29,30)27-13-5-8-21(19-27)24(28)26-16-14-25(15-17-26)18-20-6-3-2-4-7-20/h2-4,6-7,9-12,21H,5,8,13-19H2,1H3/t21-/m1/s1. The summed E-state index contributed by atoms with van der Waals surface area (Å²) in [4.78, 5) is 17.7. The summed E-state index contributed by atoms with van der Waals surface area (Å²) < 4.78 is 32.8. The predicted octanol–water partition coefficient (Wildman–Crippen LogP) is 2.44. The Balaban J connectivity index is 1.34. The third-order valence-corrected chi connectivity index (χ3v) is 8.24. The molecule has 7 nitrogen and oxygen atoms in total. The van der Waals surface area contributed by atoms with Crippen molar-refractivity contribution in [2.24, 2.45) is 5.92 Å². The highest BCUT2D eigenvalue weighted by Gasteiger charge is 2.35. The number of carbonyl (C=O) groups excluding carboxylic acids is 1. The Labute approximate surface area is 190 Å². The second-order valence-corrected chi connectivity index (χ2v) is 10.4. The quantitative estimate of drug-likeness (QED) is 0.667. The van der Waals surface area contributed by atoms with Crippen LogP contribution in [0.2, 0.25) is 0 Å². The van der Waals surface area contributed by atoms with Gasteiger partial charge in [-0.05, 0) is 42.7 Å². The van der Waals surface area contributed by atoms with E-state index in [-0.39, 0.29) is 23.3 Å². The molecule has 0 unspecified atom stereocenters. The van der Waals surface area contributed by atoms with E-state index < -0.39 is 10.0 Å². The maximum atomic E-state index is 13.2. The largest absolute Gasteiger partial charge is 0.497 e. The molecule has 0 N–H and O–H groups in total. The molecule has 2 saturated heterocycles. The summed E-state index contributed by atoms with van der Waals surface area (Å²) in [5, 5.41) is 0. The molecule has 0 radical (unpaired) electrons. The molecule has 0 bridgehead atoms. The molecule has 2 heterocycles. The molecule has 1 amide bonds. The molecule has 0 aliphatic carbocycles. The number of rotatable bonds is 6. The van der Waals surface area contributed by atoms with Crippen LogP contribution < -0.4 is 4.74 Å². The molecule has 0 spiro atoms. The number of carbonyl (C=O) groups is 1. The number of sulfonamides is 1. The third-order valence-electron chi connectivity index (χ3n) is 6.36. The van der Waals surface area contributed by atoms with Crippen molar-refractivity contribution in [1.29, 1.82) is 0 Å². The van der Waals surface area contributed by atoms with Gasteiger partial charge in [-0.1, -0.05) is 30.3 Å². The summed E-state index contributed by atoms with van der Waals surface area (Å²) >= 11 is 0. The normalized spacial score (nSPS) is 20.8. The van der Waals surface area contributed by atoms with Crippen LogP contribution in [0, 0.1) is 5.92 Å². The molecule has 2 aliphatic heterocycles. The molecule has 8 heteroatoms. The highest BCUT2D eigenvalue weighted by Crippen LogP contribution is 2.26. The molecule has 172 valence electrons. The van der Waals surface area contributed by atoms with E-state index in [9.17, 15) is 13.2 Å². The number of piperidine rings is 1. The molecule has 2 fully saturated rings. The third kappa shape index (κ3) is 5.14. The van der Waals surface area contributed by atoms with E-state index >= 15 is 0 Å². The van der Waals surface area contributed by atoms with E-state index in [4.69, 9.17) is 4.74 Å². The number of amides is 1. The molecule has 2 aromatic carbocycles. The number of nitrogens with zero attached hydrogens (tertiary/aromatic N) is 3. The highest BCUT2D eigenvalue weighted by molar-refractivity contribution is 7.89. The Morgan fingerprint density at radius 2 is 1.66 bits per heavy atom. The van der Waals surface area contributed by atoms with E-state index in [2.05, 4.69) is 17.0 Å². The SMILES string of the molecule is COc1ccc(S(=O)(=O)N2CCC[C@@H](C(=O)N3CCN(Cc4ccccc4)CC3)C2)cc1. The van der Waals surface area contributed by atoms with Crippen molar-refractivity contribution in [3.63, 3.8) is 0 Å². The lowest BCUT2D eigenvalue weighted by Gasteiger charge is -2.38. The number of piperazine rings is 1. The van der Waals surface area contributed by atoms with Crippen molar-refractivity contribution in [3.05, 3.63) is 60.2 Å². The van der Waals surface area contributed by atoms with Gasteiger partial charge >= 0.3 is 0 Å². The summed E-state index contributed by atoms with van der Waals surface area (Å²) in [6.07, 6.45) is 1.43. The summed E-state index contributed by atoms with van der Waals surface area (Å²) in [5.41, 5.74) is 1.28. The number of hydrogen-bond acceptors (Lipinski definition) is 5. The van der Waals surface area contributed by atoms with Gasteiger partial charge in [0, 0.05) is 45.8 Å². The maximum Gasteiger partial charge on any atom is 0.243 e. The summed E-state index contributed by atoms with van der Waals surface area (Å²) in [6, 6.07) is 16.8. The fourth-order valence-corrected chi connectivity index (χ4v) is 6.01. The minimum Gasteiger partial charge on any atom is -0.497 e. The van der Waals surface area contributed by atoms with E-state index in [0.29, 0.717) is 31.8 Å². The fraction of sp³-hybridized carbons (Fsp3) is 0.458. The zero-order valence-electron chi connectivity index (χ0n) is 18.5. The summed E-state index contributed by atoms with van der Waals surface area (Å²) in [7, 11) is -2.08. The van der Waals surface area contributed by atoms with Crippen LogP contribution in [0.15, 0.2) is 59.5 Å². The Kier molecular flexibility index (Phi) is 7.13. The highest BCUT2D eigenvalue weighted by atomic mass is 32.2. The van der Waals surface area contributed by atoms with Crippen molar-refractivity contribution in [2.75, 3.05) is 46.4 Å². The summed E-state index contributed by atoms with van der Waals surface area (Å²) in [6.45, 7) is 4.63. The van der Waals surface area contributed by atoms with Crippen LogP contribution in [0.3, 0.4) is 0 Å². The first-order valence-electron chi connectivity index (χ1n) is 11.2. The van der Waals surface area contributed by atoms with Gasteiger partial charge in [0.2, 0.25) is 15.9 Å². The van der Waals surface area contributed by atoms with Crippen LogP contribution in [-0.4, -0.2) is 74.8 Å². The van der Waals surface area contributed by atoms with E-state index in [1.54, 1.807) is 31.4 Å². The molecule has 1 atom stereocenters. The van der Waals surface area contributed by atoms with Gasteiger partial charge in [-0.25, -0.2) is 8.42 Å². The minimum atomic E-state index is -3.63. The smallest absolute Gasteiger partial charge is 0.243 e. The van der Waals surface area contributed by atoms with Gasteiger partial charge in [-0.3, -0.25) is 9.69 Å². The number of hydrogen-bond donors (Lipinski definition) is 0. The van der Waals surface area contributed by atoms with Gasteiger partial charge in [-0.15, -0.1) is 0 Å². The Bertz CT molecular complexity index is 1000. The van der Waals surface area contributed by atoms with E-state index in [1.807, 2.05) is 23.1 Å².